The topological polar surface area (TPSA) is 45.4 Å². The molecule has 0 spiro atoms. The zero-order valence-electron chi connectivity index (χ0n) is 7.90. The average Bonchev–Trinajstić information content (AvgIpc) is 2.19. The van der Waals surface area contributed by atoms with Crippen LogP contribution >= 0.6 is 0 Å². The molecule has 70 valence electrons. The fourth-order valence-electron chi connectivity index (χ4n) is 0.895. The molecule has 1 rings (SSSR count). The molecule has 0 radical (unpaired) electrons. The predicted octanol–water partition coefficient (Wildman–Crippen LogP) is 2.12. The summed E-state index contributed by atoms with van der Waals surface area (Å²) < 4.78 is 4.99. The SMILES string of the molecule is C=CC1=N/C(OC)=C\C=C(C#N)/C=C\1. The molecule has 0 aromatic rings. The summed E-state index contributed by atoms with van der Waals surface area (Å²) in [4.78, 5) is 4.14. The first-order valence-corrected chi connectivity index (χ1v) is 4.05. The number of nitrogens with zero attached hydrogens (tertiary/aromatic N) is 2. The van der Waals surface area contributed by atoms with Crippen LogP contribution in [0.1, 0.15) is 0 Å². The lowest BCUT2D eigenvalue weighted by Gasteiger charge is -2.01. The van der Waals surface area contributed by atoms with Gasteiger partial charge in [0.25, 0.3) is 0 Å². The Morgan fingerprint density at radius 3 is 2.86 bits per heavy atom. The number of aliphatic imine (C=N–C) groups is 1. The van der Waals surface area contributed by atoms with E-state index in [-0.39, 0.29) is 0 Å². The summed E-state index contributed by atoms with van der Waals surface area (Å²) in [6.45, 7) is 3.61. The van der Waals surface area contributed by atoms with Crippen molar-refractivity contribution in [2.75, 3.05) is 7.11 Å². The third kappa shape index (κ3) is 2.46. The highest BCUT2D eigenvalue weighted by Crippen LogP contribution is 2.07. The van der Waals surface area contributed by atoms with Gasteiger partial charge in [0.15, 0.2) is 0 Å². The van der Waals surface area contributed by atoms with E-state index in [0.717, 1.165) is 0 Å². The molecule has 3 heteroatoms. The van der Waals surface area contributed by atoms with Crippen molar-refractivity contribution in [3.63, 3.8) is 0 Å². The molecule has 0 amide bonds. The van der Waals surface area contributed by atoms with Crippen molar-refractivity contribution in [2.45, 2.75) is 0 Å². The number of hydrogen-bond acceptors (Lipinski definition) is 3. The number of rotatable bonds is 2. The molecular formula is C11H10N2O. The van der Waals surface area contributed by atoms with Crippen LogP contribution in [-0.2, 0) is 4.74 Å². The van der Waals surface area contributed by atoms with Gasteiger partial charge in [-0.05, 0) is 24.3 Å². The second-order valence-electron chi connectivity index (χ2n) is 2.52. The maximum absolute atomic E-state index is 8.72. The molecule has 0 unspecified atom stereocenters. The standard InChI is InChI=1S/C11H10N2O/c1-3-10-6-4-9(8-12)5-7-11(13-10)14-2/h3-7H,1H2,2H3/b6-4-,7-5?,9-4?,9-5+,10-6?,11-7+,13-10-,13-11?. The van der Waals surface area contributed by atoms with Crippen LogP contribution in [0, 0.1) is 11.3 Å². The van der Waals surface area contributed by atoms with Crippen LogP contribution in [0.4, 0.5) is 0 Å². The zero-order valence-corrected chi connectivity index (χ0v) is 7.90. The maximum atomic E-state index is 8.72. The van der Waals surface area contributed by atoms with Crippen LogP contribution in [0.5, 0.6) is 0 Å². The summed E-state index contributed by atoms with van der Waals surface area (Å²) in [5.41, 5.74) is 1.22. The van der Waals surface area contributed by atoms with Crippen LogP contribution in [0.25, 0.3) is 0 Å². The van der Waals surface area contributed by atoms with Gasteiger partial charge in [-0.15, -0.1) is 0 Å². The van der Waals surface area contributed by atoms with E-state index in [9.17, 15) is 0 Å². The minimum atomic E-state index is 0.456. The molecular weight excluding hydrogens is 176 g/mol. The van der Waals surface area contributed by atoms with Crippen molar-refractivity contribution in [1.29, 1.82) is 5.26 Å². The molecule has 0 aromatic carbocycles. The lowest BCUT2D eigenvalue weighted by Crippen LogP contribution is -1.93. The van der Waals surface area contributed by atoms with E-state index in [0.29, 0.717) is 17.2 Å². The van der Waals surface area contributed by atoms with E-state index in [2.05, 4.69) is 11.6 Å². The first-order chi connectivity index (χ1) is 6.80. The molecule has 0 atom stereocenters. The second kappa shape index (κ2) is 4.83. The monoisotopic (exact) mass is 186 g/mol. The quantitative estimate of drug-likeness (QED) is 0.663. The zero-order chi connectivity index (χ0) is 10.4. The van der Waals surface area contributed by atoms with Crippen LogP contribution in [0.3, 0.4) is 0 Å². The van der Waals surface area contributed by atoms with Gasteiger partial charge in [0, 0.05) is 6.08 Å². The average molecular weight is 186 g/mol. The van der Waals surface area contributed by atoms with Gasteiger partial charge < -0.3 is 4.74 Å². The van der Waals surface area contributed by atoms with Gasteiger partial charge in [0.1, 0.15) is 0 Å². The van der Waals surface area contributed by atoms with Crippen LogP contribution in [0.2, 0.25) is 0 Å². The summed E-state index contributed by atoms with van der Waals surface area (Å²) >= 11 is 0. The van der Waals surface area contributed by atoms with Crippen molar-refractivity contribution in [3.05, 3.63) is 48.4 Å². The first kappa shape index (κ1) is 10.0. The largest absolute Gasteiger partial charge is 0.481 e. The van der Waals surface area contributed by atoms with Crippen molar-refractivity contribution in [1.82, 2.24) is 0 Å². The summed E-state index contributed by atoms with van der Waals surface area (Å²) in [6.07, 6.45) is 8.30. The molecule has 0 saturated heterocycles. The number of nitriles is 1. The van der Waals surface area contributed by atoms with Gasteiger partial charge in [-0.25, -0.2) is 4.99 Å². The Morgan fingerprint density at radius 1 is 1.50 bits per heavy atom. The van der Waals surface area contributed by atoms with E-state index in [1.807, 2.05) is 6.07 Å². The Morgan fingerprint density at radius 2 is 2.29 bits per heavy atom. The molecule has 0 fully saturated rings. The molecule has 14 heavy (non-hydrogen) atoms. The van der Waals surface area contributed by atoms with Gasteiger partial charge >= 0.3 is 0 Å². The molecule has 1 heterocycles. The summed E-state index contributed by atoms with van der Waals surface area (Å²) in [6, 6.07) is 2.05. The molecule has 0 saturated carbocycles. The highest BCUT2D eigenvalue weighted by Gasteiger charge is 1.98. The summed E-state index contributed by atoms with van der Waals surface area (Å²) in [5, 5.41) is 8.72. The highest BCUT2D eigenvalue weighted by molar-refractivity contribution is 6.04. The lowest BCUT2D eigenvalue weighted by atomic mass is 10.2. The van der Waals surface area contributed by atoms with Gasteiger partial charge in [-0.2, -0.15) is 5.26 Å². The van der Waals surface area contributed by atoms with Crippen LogP contribution < -0.4 is 0 Å². The van der Waals surface area contributed by atoms with E-state index in [1.54, 1.807) is 30.4 Å². The number of hydrogen-bond donors (Lipinski definition) is 0. The van der Waals surface area contributed by atoms with E-state index < -0.39 is 0 Å². The van der Waals surface area contributed by atoms with E-state index in [1.165, 1.54) is 7.11 Å². The molecule has 0 aromatic heterocycles. The Bertz CT molecular complexity index is 392. The van der Waals surface area contributed by atoms with Gasteiger partial charge in [0.05, 0.1) is 24.5 Å². The molecule has 0 N–H and O–H groups in total. The van der Waals surface area contributed by atoms with Crippen molar-refractivity contribution in [2.24, 2.45) is 4.99 Å². The van der Waals surface area contributed by atoms with Gasteiger partial charge in [-0.3, -0.25) is 0 Å². The van der Waals surface area contributed by atoms with Crippen molar-refractivity contribution < 1.29 is 4.74 Å². The predicted molar refractivity (Wildman–Crippen MR) is 55.6 cm³/mol. The minimum absolute atomic E-state index is 0.456. The smallest absolute Gasteiger partial charge is 0.213 e. The molecule has 0 bridgehead atoms. The van der Waals surface area contributed by atoms with Crippen molar-refractivity contribution >= 4 is 5.71 Å². The van der Waals surface area contributed by atoms with Crippen LogP contribution in [-0.4, -0.2) is 12.8 Å². The summed E-state index contributed by atoms with van der Waals surface area (Å²) in [7, 11) is 1.53. The fraction of sp³-hybridized carbons (Fsp3) is 0.0909. The Labute approximate surface area is 83.0 Å². The lowest BCUT2D eigenvalue weighted by molar-refractivity contribution is 0.289. The van der Waals surface area contributed by atoms with Gasteiger partial charge in [0.2, 0.25) is 5.88 Å². The number of allylic oxidation sites excluding steroid dienone is 6. The Kier molecular flexibility index (Phi) is 3.45. The Hall–Kier alpha value is -2.08. The highest BCUT2D eigenvalue weighted by atomic mass is 16.5. The minimum Gasteiger partial charge on any atom is -0.481 e. The van der Waals surface area contributed by atoms with Crippen LogP contribution in [0.15, 0.2) is 53.4 Å². The fourth-order valence-corrected chi connectivity index (χ4v) is 0.895. The third-order valence-electron chi connectivity index (χ3n) is 1.63. The van der Waals surface area contributed by atoms with E-state index in [4.69, 9.17) is 10.00 Å². The molecule has 1 aliphatic rings. The Balaban J connectivity index is 3.10. The first-order valence-electron chi connectivity index (χ1n) is 4.05. The van der Waals surface area contributed by atoms with Crippen molar-refractivity contribution in [3.8, 4) is 6.07 Å². The molecule has 3 nitrogen and oxygen atoms in total. The number of ether oxygens (including phenoxy) is 1. The third-order valence-corrected chi connectivity index (χ3v) is 1.63. The molecule has 1 aliphatic heterocycles. The normalized spacial score (nSPS) is 28.7. The number of methoxy groups -OCH3 is 1. The maximum Gasteiger partial charge on any atom is 0.213 e. The second-order valence-corrected chi connectivity index (χ2v) is 2.52. The molecule has 0 aliphatic carbocycles. The van der Waals surface area contributed by atoms with Gasteiger partial charge in [-0.1, -0.05) is 6.58 Å². The summed E-state index contributed by atoms with van der Waals surface area (Å²) in [5.74, 6) is 0.456. The van der Waals surface area contributed by atoms with E-state index >= 15 is 0 Å².